The van der Waals surface area contributed by atoms with Gasteiger partial charge in [-0.1, -0.05) is 6.07 Å². The first-order valence-electron chi connectivity index (χ1n) is 3.76. The van der Waals surface area contributed by atoms with Gasteiger partial charge in [-0.25, -0.2) is 4.39 Å². The third-order valence-corrected chi connectivity index (χ3v) is 2.11. The van der Waals surface area contributed by atoms with Gasteiger partial charge >= 0.3 is 0 Å². The second-order valence-electron chi connectivity index (χ2n) is 2.98. The highest BCUT2D eigenvalue weighted by Gasteiger charge is 2.27. The summed E-state index contributed by atoms with van der Waals surface area (Å²) in [7, 11) is 0. The van der Waals surface area contributed by atoms with E-state index in [0.717, 1.165) is 5.56 Å². The summed E-state index contributed by atoms with van der Waals surface area (Å²) in [5.41, 5.74) is 6.81. The third kappa shape index (κ3) is 0.940. The SMILES string of the molecule is NC1Cc2ccc(F)cc2C1=O. The Morgan fingerprint density at radius 2 is 2.25 bits per heavy atom. The van der Waals surface area contributed by atoms with Crippen molar-refractivity contribution in [1.29, 1.82) is 0 Å². The standard InChI is InChI=1S/C9H8FNO/c10-6-2-1-5-3-8(11)9(12)7(5)4-6/h1-2,4,8H,3,11H2. The molecular formula is C9H8FNO. The van der Waals surface area contributed by atoms with Crippen LogP contribution in [0.3, 0.4) is 0 Å². The monoisotopic (exact) mass is 165 g/mol. The maximum atomic E-state index is 12.7. The van der Waals surface area contributed by atoms with Crippen LogP contribution in [0.4, 0.5) is 4.39 Å². The van der Waals surface area contributed by atoms with Crippen molar-refractivity contribution in [3.63, 3.8) is 0 Å². The number of carbonyl (C=O) groups excluding carboxylic acids is 1. The van der Waals surface area contributed by atoms with E-state index in [1.807, 2.05) is 0 Å². The molecule has 1 aromatic rings. The summed E-state index contributed by atoms with van der Waals surface area (Å²) in [6.45, 7) is 0. The van der Waals surface area contributed by atoms with Crippen molar-refractivity contribution in [2.45, 2.75) is 12.5 Å². The Hall–Kier alpha value is -1.22. The minimum absolute atomic E-state index is 0.149. The van der Waals surface area contributed by atoms with Crippen LogP contribution in [0.25, 0.3) is 0 Å². The van der Waals surface area contributed by atoms with Gasteiger partial charge in [-0.05, 0) is 24.1 Å². The van der Waals surface area contributed by atoms with Crippen LogP contribution in [0.1, 0.15) is 15.9 Å². The van der Waals surface area contributed by atoms with Crippen LogP contribution >= 0.6 is 0 Å². The van der Waals surface area contributed by atoms with Crippen molar-refractivity contribution in [1.82, 2.24) is 0 Å². The molecule has 3 heteroatoms. The highest BCUT2D eigenvalue weighted by atomic mass is 19.1. The lowest BCUT2D eigenvalue weighted by molar-refractivity contribution is 0.0974. The molecule has 1 aromatic carbocycles. The second kappa shape index (κ2) is 2.38. The zero-order chi connectivity index (χ0) is 8.72. The van der Waals surface area contributed by atoms with E-state index >= 15 is 0 Å². The fraction of sp³-hybridized carbons (Fsp3) is 0.222. The van der Waals surface area contributed by atoms with Gasteiger partial charge < -0.3 is 5.73 Å². The minimum atomic E-state index is -0.471. The lowest BCUT2D eigenvalue weighted by Gasteiger charge is -1.95. The Morgan fingerprint density at radius 1 is 1.50 bits per heavy atom. The zero-order valence-electron chi connectivity index (χ0n) is 6.38. The van der Waals surface area contributed by atoms with Crippen molar-refractivity contribution < 1.29 is 9.18 Å². The number of rotatable bonds is 0. The predicted octanol–water partition coefficient (Wildman–Crippen LogP) is 0.892. The van der Waals surface area contributed by atoms with E-state index in [0.29, 0.717) is 12.0 Å². The Morgan fingerprint density at radius 3 is 3.00 bits per heavy atom. The second-order valence-corrected chi connectivity index (χ2v) is 2.98. The fourth-order valence-corrected chi connectivity index (χ4v) is 1.49. The smallest absolute Gasteiger partial charge is 0.180 e. The van der Waals surface area contributed by atoms with E-state index in [-0.39, 0.29) is 11.6 Å². The first-order valence-corrected chi connectivity index (χ1v) is 3.76. The molecule has 1 aliphatic rings. The average Bonchev–Trinajstić information content (AvgIpc) is 2.31. The first kappa shape index (κ1) is 7.43. The molecule has 0 bridgehead atoms. The molecule has 0 amide bonds. The van der Waals surface area contributed by atoms with Crippen LogP contribution < -0.4 is 5.73 Å². The van der Waals surface area contributed by atoms with Crippen molar-refractivity contribution in [3.05, 3.63) is 35.1 Å². The van der Waals surface area contributed by atoms with Crippen molar-refractivity contribution >= 4 is 5.78 Å². The van der Waals surface area contributed by atoms with E-state index < -0.39 is 6.04 Å². The van der Waals surface area contributed by atoms with Gasteiger partial charge in [0.05, 0.1) is 6.04 Å². The largest absolute Gasteiger partial charge is 0.321 e. The van der Waals surface area contributed by atoms with Crippen LogP contribution in [0, 0.1) is 5.82 Å². The van der Waals surface area contributed by atoms with Crippen molar-refractivity contribution in [3.8, 4) is 0 Å². The summed E-state index contributed by atoms with van der Waals surface area (Å²) in [5, 5.41) is 0. The molecule has 1 unspecified atom stereocenters. The summed E-state index contributed by atoms with van der Waals surface area (Å²) in [5.74, 6) is -0.527. The number of benzene rings is 1. The number of halogens is 1. The fourth-order valence-electron chi connectivity index (χ4n) is 1.49. The number of hydrogen-bond donors (Lipinski definition) is 1. The molecule has 0 aromatic heterocycles. The Balaban J connectivity index is 2.56. The van der Waals surface area contributed by atoms with Gasteiger partial charge in [-0.3, -0.25) is 4.79 Å². The van der Waals surface area contributed by atoms with Gasteiger partial charge in [0.2, 0.25) is 0 Å². The van der Waals surface area contributed by atoms with Gasteiger partial charge in [0.25, 0.3) is 0 Å². The van der Waals surface area contributed by atoms with E-state index in [9.17, 15) is 9.18 Å². The molecular weight excluding hydrogens is 157 g/mol. The lowest BCUT2D eigenvalue weighted by atomic mass is 10.1. The number of nitrogens with two attached hydrogens (primary N) is 1. The zero-order valence-corrected chi connectivity index (χ0v) is 6.38. The minimum Gasteiger partial charge on any atom is -0.321 e. The van der Waals surface area contributed by atoms with Gasteiger partial charge in [0.1, 0.15) is 5.82 Å². The first-order chi connectivity index (χ1) is 5.68. The molecule has 2 N–H and O–H groups in total. The van der Waals surface area contributed by atoms with E-state index in [1.54, 1.807) is 6.07 Å². The number of Topliss-reactive ketones (excluding diaryl/α,β-unsaturated/α-hetero) is 1. The van der Waals surface area contributed by atoms with Crippen LogP contribution in [0.15, 0.2) is 18.2 Å². The highest BCUT2D eigenvalue weighted by molar-refractivity contribution is 6.04. The van der Waals surface area contributed by atoms with Crippen LogP contribution in [-0.4, -0.2) is 11.8 Å². The molecule has 0 saturated carbocycles. The van der Waals surface area contributed by atoms with Gasteiger partial charge in [0, 0.05) is 5.56 Å². The molecule has 2 nitrogen and oxygen atoms in total. The molecule has 2 rings (SSSR count). The molecule has 0 heterocycles. The normalized spacial score (nSPS) is 21.2. The topological polar surface area (TPSA) is 43.1 Å². The number of fused-ring (bicyclic) bond motifs is 1. The van der Waals surface area contributed by atoms with E-state index in [4.69, 9.17) is 5.73 Å². The summed E-state index contributed by atoms with van der Waals surface area (Å²) in [6, 6.07) is 3.76. The van der Waals surface area contributed by atoms with E-state index in [1.165, 1.54) is 12.1 Å². The highest BCUT2D eigenvalue weighted by Crippen LogP contribution is 2.21. The molecule has 0 spiro atoms. The molecule has 12 heavy (non-hydrogen) atoms. The number of ketones is 1. The summed E-state index contributed by atoms with van der Waals surface area (Å²) in [4.78, 5) is 11.3. The maximum absolute atomic E-state index is 12.7. The quantitative estimate of drug-likeness (QED) is 0.620. The number of carbonyl (C=O) groups is 1. The van der Waals surface area contributed by atoms with Gasteiger partial charge in [-0.15, -0.1) is 0 Å². The van der Waals surface area contributed by atoms with Crippen LogP contribution in [0.2, 0.25) is 0 Å². The average molecular weight is 165 g/mol. The molecule has 1 atom stereocenters. The Labute approximate surface area is 69.2 Å². The third-order valence-electron chi connectivity index (χ3n) is 2.11. The maximum Gasteiger partial charge on any atom is 0.180 e. The molecule has 0 saturated heterocycles. The lowest BCUT2D eigenvalue weighted by Crippen LogP contribution is -2.26. The molecule has 62 valence electrons. The van der Waals surface area contributed by atoms with E-state index in [2.05, 4.69) is 0 Å². The molecule has 0 fully saturated rings. The Kier molecular flexibility index (Phi) is 1.48. The number of hydrogen-bond acceptors (Lipinski definition) is 2. The summed E-state index contributed by atoms with van der Waals surface area (Å²) in [6.07, 6.45) is 0.536. The molecule has 0 radical (unpaired) electrons. The Bertz CT molecular complexity index is 348. The molecule has 1 aliphatic carbocycles. The molecule has 0 aliphatic heterocycles. The summed E-state index contributed by atoms with van der Waals surface area (Å²) >= 11 is 0. The van der Waals surface area contributed by atoms with Crippen molar-refractivity contribution in [2.24, 2.45) is 5.73 Å². The van der Waals surface area contributed by atoms with Crippen LogP contribution in [-0.2, 0) is 6.42 Å². The predicted molar refractivity (Wildman–Crippen MR) is 42.4 cm³/mol. The van der Waals surface area contributed by atoms with Gasteiger partial charge in [-0.2, -0.15) is 0 Å². The summed E-state index contributed by atoms with van der Waals surface area (Å²) < 4.78 is 12.7. The van der Waals surface area contributed by atoms with Gasteiger partial charge in [0.15, 0.2) is 5.78 Å². The van der Waals surface area contributed by atoms with Crippen LogP contribution in [0.5, 0.6) is 0 Å². The van der Waals surface area contributed by atoms with Crippen molar-refractivity contribution in [2.75, 3.05) is 0 Å².